The van der Waals surface area contributed by atoms with Crippen LogP contribution in [-0.4, -0.2) is 0 Å². The van der Waals surface area contributed by atoms with Gasteiger partial charge in [0, 0.05) is 11.1 Å². The van der Waals surface area contributed by atoms with Crippen molar-refractivity contribution in [2.45, 2.75) is 45.7 Å². The molecule has 0 aliphatic carbocycles. The minimum Gasteiger partial charge on any atom is -0.465 e. The van der Waals surface area contributed by atoms with Crippen LogP contribution in [0.3, 0.4) is 0 Å². The lowest BCUT2D eigenvalue weighted by Gasteiger charge is -2.22. The standard InChI is InChI=1S/C17H22ClNO/c1-4-5-16(14-7-9-15(18)10-8-14)19-13(3)17-11-6-12(2)20-17/h6-11,13,16,19H,4-5H2,1-3H3. The molecule has 1 N–H and O–H groups in total. The van der Waals surface area contributed by atoms with E-state index in [1.165, 1.54) is 5.56 Å². The Hall–Kier alpha value is -1.25. The van der Waals surface area contributed by atoms with Crippen molar-refractivity contribution in [3.8, 4) is 0 Å². The summed E-state index contributed by atoms with van der Waals surface area (Å²) < 4.78 is 5.70. The van der Waals surface area contributed by atoms with Crippen LogP contribution in [0.1, 0.15) is 55.9 Å². The van der Waals surface area contributed by atoms with Gasteiger partial charge in [-0.1, -0.05) is 37.1 Å². The zero-order valence-corrected chi connectivity index (χ0v) is 13.1. The lowest BCUT2D eigenvalue weighted by molar-refractivity contribution is 0.372. The minimum atomic E-state index is 0.191. The number of rotatable bonds is 6. The summed E-state index contributed by atoms with van der Waals surface area (Å²) in [6.45, 7) is 6.31. The van der Waals surface area contributed by atoms with E-state index in [2.05, 4.69) is 31.3 Å². The molecule has 0 bridgehead atoms. The van der Waals surface area contributed by atoms with Gasteiger partial charge in [-0.3, -0.25) is 0 Å². The summed E-state index contributed by atoms with van der Waals surface area (Å²) in [5, 5.41) is 4.42. The second-order valence-electron chi connectivity index (χ2n) is 5.23. The fraction of sp³-hybridized carbons (Fsp3) is 0.412. The van der Waals surface area contributed by atoms with Crippen molar-refractivity contribution in [1.29, 1.82) is 0 Å². The van der Waals surface area contributed by atoms with Crippen LogP contribution in [-0.2, 0) is 0 Å². The maximum Gasteiger partial charge on any atom is 0.120 e. The molecule has 0 saturated carbocycles. The lowest BCUT2D eigenvalue weighted by atomic mass is 10.0. The molecule has 0 saturated heterocycles. The summed E-state index contributed by atoms with van der Waals surface area (Å²) >= 11 is 5.96. The highest BCUT2D eigenvalue weighted by Crippen LogP contribution is 2.25. The van der Waals surface area contributed by atoms with Crippen LogP contribution in [0.25, 0.3) is 0 Å². The first kappa shape index (κ1) is 15.1. The van der Waals surface area contributed by atoms with Crippen LogP contribution in [0.15, 0.2) is 40.8 Å². The largest absolute Gasteiger partial charge is 0.465 e. The summed E-state index contributed by atoms with van der Waals surface area (Å²) in [4.78, 5) is 0. The topological polar surface area (TPSA) is 25.2 Å². The first-order valence-corrected chi connectivity index (χ1v) is 7.55. The highest BCUT2D eigenvalue weighted by molar-refractivity contribution is 6.30. The average Bonchev–Trinajstić information content (AvgIpc) is 2.86. The van der Waals surface area contributed by atoms with E-state index in [-0.39, 0.29) is 6.04 Å². The summed E-state index contributed by atoms with van der Waals surface area (Å²) in [6, 6.07) is 12.6. The molecule has 2 atom stereocenters. The van der Waals surface area contributed by atoms with Crippen LogP contribution >= 0.6 is 11.6 Å². The van der Waals surface area contributed by atoms with Gasteiger partial charge in [-0.15, -0.1) is 0 Å². The summed E-state index contributed by atoms with van der Waals surface area (Å²) in [5.41, 5.74) is 1.27. The monoisotopic (exact) mass is 291 g/mol. The maximum absolute atomic E-state index is 5.96. The van der Waals surface area contributed by atoms with Crippen molar-refractivity contribution in [3.05, 3.63) is 58.5 Å². The van der Waals surface area contributed by atoms with Gasteiger partial charge in [0.25, 0.3) is 0 Å². The number of benzene rings is 1. The molecule has 2 unspecified atom stereocenters. The van der Waals surface area contributed by atoms with E-state index in [1.54, 1.807) is 0 Å². The van der Waals surface area contributed by atoms with Gasteiger partial charge in [-0.05, 0) is 50.1 Å². The van der Waals surface area contributed by atoms with Crippen LogP contribution in [0.5, 0.6) is 0 Å². The molecule has 0 radical (unpaired) electrons. The highest BCUT2D eigenvalue weighted by Gasteiger charge is 2.16. The quantitative estimate of drug-likeness (QED) is 0.767. The number of nitrogens with one attached hydrogen (secondary N) is 1. The Bertz CT molecular complexity index is 532. The zero-order chi connectivity index (χ0) is 14.5. The van der Waals surface area contributed by atoms with Crippen LogP contribution in [0.2, 0.25) is 5.02 Å². The van der Waals surface area contributed by atoms with Crippen molar-refractivity contribution in [2.24, 2.45) is 0 Å². The lowest BCUT2D eigenvalue weighted by Crippen LogP contribution is -2.24. The van der Waals surface area contributed by atoms with Crippen molar-refractivity contribution >= 4 is 11.6 Å². The van der Waals surface area contributed by atoms with Gasteiger partial charge < -0.3 is 9.73 Å². The Balaban J connectivity index is 2.10. The van der Waals surface area contributed by atoms with E-state index >= 15 is 0 Å². The van der Waals surface area contributed by atoms with Gasteiger partial charge in [0.1, 0.15) is 11.5 Å². The molecular weight excluding hydrogens is 270 g/mol. The van der Waals surface area contributed by atoms with E-state index in [0.717, 1.165) is 29.4 Å². The number of furan rings is 1. The van der Waals surface area contributed by atoms with Gasteiger partial charge >= 0.3 is 0 Å². The third-order valence-electron chi connectivity index (χ3n) is 3.49. The van der Waals surface area contributed by atoms with Crippen LogP contribution < -0.4 is 5.32 Å². The summed E-state index contributed by atoms with van der Waals surface area (Å²) in [6.07, 6.45) is 2.22. The minimum absolute atomic E-state index is 0.191. The number of aryl methyl sites for hydroxylation is 1. The predicted molar refractivity (Wildman–Crippen MR) is 84.1 cm³/mol. The predicted octanol–water partition coefficient (Wildman–Crippen LogP) is 5.43. The zero-order valence-electron chi connectivity index (χ0n) is 12.3. The van der Waals surface area contributed by atoms with Gasteiger partial charge in [0.05, 0.1) is 6.04 Å². The van der Waals surface area contributed by atoms with Crippen molar-refractivity contribution < 1.29 is 4.42 Å². The molecule has 1 heterocycles. The first-order valence-electron chi connectivity index (χ1n) is 7.18. The molecule has 1 aromatic carbocycles. The molecule has 3 heteroatoms. The molecule has 0 fully saturated rings. The Morgan fingerprint density at radius 3 is 2.40 bits per heavy atom. The molecule has 20 heavy (non-hydrogen) atoms. The summed E-state index contributed by atoms with van der Waals surface area (Å²) in [7, 11) is 0. The molecule has 0 aliphatic rings. The van der Waals surface area contributed by atoms with Crippen molar-refractivity contribution in [3.63, 3.8) is 0 Å². The maximum atomic E-state index is 5.96. The molecule has 1 aromatic heterocycles. The molecule has 2 rings (SSSR count). The second kappa shape index (κ2) is 6.96. The molecular formula is C17H22ClNO. The third kappa shape index (κ3) is 3.87. The number of hydrogen-bond donors (Lipinski definition) is 1. The Kier molecular flexibility index (Phi) is 5.27. The van der Waals surface area contributed by atoms with Gasteiger partial charge in [0.15, 0.2) is 0 Å². The number of hydrogen-bond acceptors (Lipinski definition) is 2. The van der Waals surface area contributed by atoms with E-state index in [0.29, 0.717) is 6.04 Å². The first-order chi connectivity index (χ1) is 9.60. The van der Waals surface area contributed by atoms with E-state index < -0.39 is 0 Å². The molecule has 0 amide bonds. The molecule has 108 valence electrons. The fourth-order valence-corrected chi connectivity index (χ4v) is 2.53. The normalized spacial score (nSPS) is 14.2. The van der Waals surface area contributed by atoms with E-state index in [4.69, 9.17) is 16.0 Å². The third-order valence-corrected chi connectivity index (χ3v) is 3.74. The van der Waals surface area contributed by atoms with E-state index in [9.17, 15) is 0 Å². The molecule has 0 aliphatic heterocycles. The number of halogens is 1. The van der Waals surface area contributed by atoms with Gasteiger partial charge in [-0.25, -0.2) is 0 Å². The highest BCUT2D eigenvalue weighted by atomic mass is 35.5. The molecule has 2 nitrogen and oxygen atoms in total. The Morgan fingerprint density at radius 2 is 1.85 bits per heavy atom. The van der Waals surface area contributed by atoms with Crippen molar-refractivity contribution in [1.82, 2.24) is 5.32 Å². The van der Waals surface area contributed by atoms with E-state index in [1.807, 2.05) is 31.2 Å². The average molecular weight is 292 g/mol. The molecule has 0 spiro atoms. The van der Waals surface area contributed by atoms with Crippen molar-refractivity contribution in [2.75, 3.05) is 0 Å². The summed E-state index contributed by atoms with van der Waals surface area (Å²) in [5.74, 6) is 1.93. The Morgan fingerprint density at radius 1 is 1.15 bits per heavy atom. The van der Waals surface area contributed by atoms with Crippen LogP contribution in [0.4, 0.5) is 0 Å². The van der Waals surface area contributed by atoms with Crippen LogP contribution in [0, 0.1) is 6.92 Å². The van der Waals surface area contributed by atoms with Gasteiger partial charge in [0.2, 0.25) is 0 Å². The molecule has 2 aromatic rings. The SMILES string of the molecule is CCCC(NC(C)c1ccc(C)o1)c1ccc(Cl)cc1. The smallest absolute Gasteiger partial charge is 0.120 e. The van der Waals surface area contributed by atoms with Gasteiger partial charge in [-0.2, -0.15) is 0 Å². The Labute approximate surface area is 126 Å². The fourth-order valence-electron chi connectivity index (χ4n) is 2.40. The second-order valence-corrected chi connectivity index (χ2v) is 5.67.